The van der Waals surface area contributed by atoms with Gasteiger partial charge in [0.1, 0.15) is 0 Å². The van der Waals surface area contributed by atoms with Crippen molar-refractivity contribution in [2.75, 3.05) is 33.2 Å². The van der Waals surface area contributed by atoms with Crippen LogP contribution in [-0.4, -0.2) is 54.9 Å². The number of amides is 1. The third kappa shape index (κ3) is 4.67. The molecule has 0 aromatic heterocycles. The average Bonchev–Trinajstić information content (AvgIpc) is 2.62. The molecule has 130 valence electrons. The minimum atomic E-state index is -0.133. The van der Waals surface area contributed by atoms with Crippen LogP contribution in [-0.2, 0) is 0 Å². The van der Waals surface area contributed by atoms with Gasteiger partial charge in [0.2, 0.25) is 5.96 Å². The first-order valence-electron chi connectivity index (χ1n) is 8.57. The van der Waals surface area contributed by atoms with Crippen LogP contribution in [0.4, 0.5) is 5.69 Å². The molecule has 1 fully saturated rings. The largest absolute Gasteiger partial charge is 0.340 e. The van der Waals surface area contributed by atoms with E-state index in [2.05, 4.69) is 22.2 Å². The van der Waals surface area contributed by atoms with Crippen LogP contribution in [0, 0.1) is 6.92 Å². The highest BCUT2D eigenvalue weighted by molar-refractivity contribution is 6.06. The minimum absolute atomic E-state index is 0.133. The normalized spacial score (nSPS) is 15.9. The Balaban J connectivity index is 1.85. The molecule has 5 heteroatoms. The van der Waals surface area contributed by atoms with Gasteiger partial charge in [0.05, 0.1) is 5.69 Å². The van der Waals surface area contributed by atoms with E-state index in [4.69, 9.17) is 4.99 Å². The predicted octanol–water partition coefficient (Wildman–Crippen LogP) is 2.66. The van der Waals surface area contributed by atoms with Gasteiger partial charge in [-0.05, 0) is 43.8 Å². The molecule has 5 nitrogen and oxygen atoms in total. The number of aliphatic imine (C=N–C) groups is 1. The quantitative estimate of drug-likeness (QED) is 0.677. The molecule has 0 aliphatic carbocycles. The van der Waals surface area contributed by atoms with Crippen molar-refractivity contribution in [3.8, 4) is 0 Å². The van der Waals surface area contributed by atoms with Crippen molar-refractivity contribution in [2.24, 2.45) is 4.99 Å². The molecule has 1 aliphatic rings. The Morgan fingerprint density at radius 3 is 2.40 bits per heavy atom. The lowest BCUT2D eigenvalue weighted by Crippen LogP contribution is -2.52. The van der Waals surface area contributed by atoms with Crippen LogP contribution in [0.5, 0.6) is 0 Å². The number of hydrogen-bond acceptors (Lipinski definition) is 3. The maximum atomic E-state index is 12.6. The number of aryl methyl sites for hydroxylation is 1. The highest BCUT2D eigenvalue weighted by Gasteiger charge is 2.20. The number of hydrogen-bond donors (Lipinski definition) is 1. The molecule has 1 saturated heterocycles. The van der Waals surface area contributed by atoms with Gasteiger partial charge in [-0.25, -0.2) is 4.99 Å². The van der Waals surface area contributed by atoms with Gasteiger partial charge in [0, 0.05) is 31.7 Å². The Bertz CT molecular complexity index is 749. The number of carbonyl (C=O) groups is 1. The Morgan fingerprint density at radius 2 is 1.72 bits per heavy atom. The molecule has 25 heavy (non-hydrogen) atoms. The fraction of sp³-hybridized carbons (Fsp3) is 0.300. The molecule has 0 bridgehead atoms. The summed E-state index contributed by atoms with van der Waals surface area (Å²) in [5.41, 5.74) is 2.63. The molecule has 0 unspecified atom stereocenters. The summed E-state index contributed by atoms with van der Waals surface area (Å²) < 4.78 is 0. The monoisotopic (exact) mass is 336 g/mol. The van der Waals surface area contributed by atoms with Crippen molar-refractivity contribution >= 4 is 17.6 Å². The number of benzene rings is 2. The van der Waals surface area contributed by atoms with Crippen molar-refractivity contribution in [1.29, 1.82) is 0 Å². The number of carbonyl (C=O) groups excluding carboxylic acids is 1. The van der Waals surface area contributed by atoms with Gasteiger partial charge < -0.3 is 9.80 Å². The van der Waals surface area contributed by atoms with Crippen LogP contribution in [0.15, 0.2) is 59.6 Å². The van der Waals surface area contributed by atoms with Crippen LogP contribution in [0.1, 0.15) is 15.9 Å². The fourth-order valence-corrected chi connectivity index (χ4v) is 2.78. The van der Waals surface area contributed by atoms with E-state index in [0.717, 1.165) is 37.4 Å². The molecule has 2 aromatic rings. The third-order valence-electron chi connectivity index (χ3n) is 4.30. The number of rotatable bonds is 2. The summed E-state index contributed by atoms with van der Waals surface area (Å²) in [6.45, 7) is 5.63. The first-order valence-corrected chi connectivity index (χ1v) is 8.57. The van der Waals surface area contributed by atoms with Gasteiger partial charge >= 0.3 is 0 Å². The zero-order valence-electron chi connectivity index (χ0n) is 14.8. The zero-order valence-corrected chi connectivity index (χ0v) is 14.8. The van der Waals surface area contributed by atoms with E-state index in [0.29, 0.717) is 11.5 Å². The van der Waals surface area contributed by atoms with Gasteiger partial charge in [0.15, 0.2) is 0 Å². The molecule has 2 aromatic carbocycles. The first-order chi connectivity index (χ1) is 12.1. The van der Waals surface area contributed by atoms with E-state index in [1.807, 2.05) is 61.5 Å². The maximum absolute atomic E-state index is 12.6. The molecule has 3 rings (SSSR count). The number of piperazine rings is 1. The Hall–Kier alpha value is -2.66. The number of likely N-dealkylation sites (N-methyl/N-ethyl adjacent to an activating group) is 1. The second-order valence-electron chi connectivity index (χ2n) is 6.38. The third-order valence-corrected chi connectivity index (χ3v) is 4.30. The van der Waals surface area contributed by atoms with Crippen LogP contribution >= 0.6 is 0 Å². The molecule has 0 radical (unpaired) electrons. The van der Waals surface area contributed by atoms with Crippen LogP contribution < -0.4 is 5.32 Å². The molecule has 1 amide bonds. The smallest absolute Gasteiger partial charge is 0.257 e. The minimum Gasteiger partial charge on any atom is -0.340 e. The average molecular weight is 336 g/mol. The van der Waals surface area contributed by atoms with E-state index in [9.17, 15) is 4.79 Å². The lowest BCUT2D eigenvalue weighted by Gasteiger charge is -2.34. The van der Waals surface area contributed by atoms with Gasteiger partial charge in [-0.3, -0.25) is 10.1 Å². The summed E-state index contributed by atoms with van der Waals surface area (Å²) in [5, 5.41) is 3.00. The standard InChI is InChI=1S/C20H24N4O/c1-16-7-6-10-18(15-16)21-20(24-13-11-23(2)12-14-24)22-19(25)17-8-4-3-5-9-17/h3-10,15H,11-14H2,1-2H3,(H,21,22,25). The molecule has 1 heterocycles. The summed E-state index contributed by atoms with van der Waals surface area (Å²) in [4.78, 5) is 21.7. The van der Waals surface area contributed by atoms with Crippen LogP contribution in [0.2, 0.25) is 0 Å². The topological polar surface area (TPSA) is 47.9 Å². The molecule has 1 N–H and O–H groups in total. The highest BCUT2D eigenvalue weighted by atomic mass is 16.1. The van der Waals surface area contributed by atoms with E-state index in [1.54, 1.807) is 0 Å². The van der Waals surface area contributed by atoms with Gasteiger partial charge in [0.25, 0.3) is 5.91 Å². The summed E-state index contributed by atoms with van der Waals surface area (Å²) in [6, 6.07) is 17.2. The van der Waals surface area contributed by atoms with E-state index >= 15 is 0 Å². The van der Waals surface area contributed by atoms with Crippen LogP contribution in [0.25, 0.3) is 0 Å². The Kier molecular flexibility index (Phi) is 5.46. The van der Waals surface area contributed by atoms with Gasteiger partial charge in [-0.1, -0.05) is 30.3 Å². The Morgan fingerprint density at radius 1 is 1.00 bits per heavy atom. The predicted molar refractivity (Wildman–Crippen MR) is 101 cm³/mol. The molecular formula is C20H24N4O. The SMILES string of the molecule is Cc1cccc(N=C(NC(=O)c2ccccc2)N2CCN(C)CC2)c1. The molecule has 0 saturated carbocycles. The Labute approximate surface area is 149 Å². The lowest BCUT2D eigenvalue weighted by molar-refractivity contribution is 0.0969. The van der Waals surface area contributed by atoms with Crippen molar-refractivity contribution < 1.29 is 4.79 Å². The summed E-state index contributed by atoms with van der Waals surface area (Å²) in [5.74, 6) is 0.485. The van der Waals surface area contributed by atoms with Crippen molar-refractivity contribution in [2.45, 2.75) is 6.92 Å². The second kappa shape index (κ2) is 7.94. The zero-order chi connectivity index (χ0) is 17.6. The van der Waals surface area contributed by atoms with E-state index in [-0.39, 0.29) is 5.91 Å². The van der Waals surface area contributed by atoms with Crippen molar-refractivity contribution in [1.82, 2.24) is 15.1 Å². The van der Waals surface area contributed by atoms with Crippen LogP contribution in [0.3, 0.4) is 0 Å². The molecular weight excluding hydrogens is 312 g/mol. The summed E-state index contributed by atoms with van der Waals surface area (Å²) in [6.07, 6.45) is 0. The summed E-state index contributed by atoms with van der Waals surface area (Å²) >= 11 is 0. The van der Waals surface area contributed by atoms with E-state index < -0.39 is 0 Å². The van der Waals surface area contributed by atoms with Crippen molar-refractivity contribution in [3.05, 3.63) is 65.7 Å². The number of nitrogens with one attached hydrogen (secondary N) is 1. The van der Waals surface area contributed by atoms with Gasteiger partial charge in [-0.15, -0.1) is 0 Å². The molecule has 1 aliphatic heterocycles. The van der Waals surface area contributed by atoms with Gasteiger partial charge in [-0.2, -0.15) is 0 Å². The number of nitrogens with zero attached hydrogens (tertiary/aromatic N) is 3. The first kappa shape index (κ1) is 17.2. The highest BCUT2D eigenvalue weighted by Crippen LogP contribution is 2.15. The second-order valence-corrected chi connectivity index (χ2v) is 6.38. The summed E-state index contributed by atoms with van der Waals surface area (Å²) in [7, 11) is 2.11. The lowest BCUT2D eigenvalue weighted by atomic mass is 10.2. The fourth-order valence-electron chi connectivity index (χ4n) is 2.78. The molecule has 0 spiro atoms. The molecule has 0 atom stereocenters. The number of guanidine groups is 1. The maximum Gasteiger partial charge on any atom is 0.257 e. The van der Waals surface area contributed by atoms with E-state index in [1.165, 1.54) is 0 Å². The van der Waals surface area contributed by atoms with Crippen molar-refractivity contribution in [3.63, 3.8) is 0 Å².